The van der Waals surface area contributed by atoms with Gasteiger partial charge in [0.2, 0.25) is 5.91 Å². The summed E-state index contributed by atoms with van der Waals surface area (Å²) < 4.78 is 55.4. The molecule has 8 nitrogen and oxygen atoms in total. The van der Waals surface area contributed by atoms with Crippen molar-refractivity contribution in [2.45, 2.75) is 32.9 Å². The Balaban J connectivity index is 1.34. The van der Waals surface area contributed by atoms with Gasteiger partial charge in [0.25, 0.3) is 0 Å². The molecule has 1 aliphatic rings. The van der Waals surface area contributed by atoms with Crippen LogP contribution in [0.4, 0.5) is 33.7 Å². The molecule has 3 amide bonds. The van der Waals surface area contributed by atoms with Gasteiger partial charge in [0.1, 0.15) is 12.1 Å². The van der Waals surface area contributed by atoms with Crippen molar-refractivity contribution in [3.8, 4) is 17.1 Å². The summed E-state index contributed by atoms with van der Waals surface area (Å²) in [6.07, 6.45) is -3.30. The first kappa shape index (κ1) is 29.0. The number of alkyl halides is 3. The number of nitrogens with zero attached hydrogens (tertiary/aromatic N) is 5. The van der Waals surface area contributed by atoms with E-state index in [4.69, 9.17) is 0 Å². The Morgan fingerprint density at radius 2 is 1.88 bits per heavy atom. The highest BCUT2D eigenvalue weighted by Crippen LogP contribution is 2.34. The molecule has 0 aliphatic carbocycles. The van der Waals surface area contributed by atoms with Crippen LogP contribution in [0.5, 0.6) is 0 Å². The van der Waals surface area contributed by atoms with Crippen LogP contribution in [0.2, 0.25) is 0 Å². The maximum Gasteiger partial charge on any atom is 0.416 e. The van der Waals surface area contributed by atoms with E-state index >= 15 is 0 Å². The largest absolute Gasteiger partial charge is 0.416 e. The summed E-state index contributed by atoms with van der Waals surface area (Å²) in [6.45, 7) is 5.91. The Morgan fingerprint density at radius 1 is 1.10 bits per heavy atom. The average molecular weight is 597 g/mol. The number of anilines is 2. The second kappa shape index (κ2) is 11.4. The highest BCUT2D eigenvalue weighted by molar-refractivity contribution is 8.15. The molecule has 42 heavy (non-hydrogen) atoms. The lowest BCUT2D eigenvalue weighted by Crippen LogP contribution is -2.31. The predicted molar refractivity (Wildman–Crippen MR) is 153 cm³/mol. The minimum Gasteiger partial charge on any atom is -0.303 e. The summed E-state index contributed by atoms with van der Waals surface area (Å²) in [7, 11) is 0. The highest BCUT2D eigenvalue weighted by atomic mass is 32.2. The number of aromatic nitrogens is 3. The van der Waals surface area contributed by atoms with Crippen LogP contribution < -0.4 is 10.2 Å². The molecule has 1 aliphatic heterocycles. The minimum atomic E-state index is -4.52. The molecule has 0 saturated carbocycles. The fourth-order valence-corrected chi connectivity index (χ4v) is 5.21. The topological polar surface area (TPSA) is 92.5 Å². The lowest BCUT2D eigenvalue weighted by Gasteiger charge is -2.22. The second-order valence-electron chi connectivity index (χ2n) is 9.81. The van der Waals surface area contributed by atoms with Gasteiger partial charge in [0.15, 0.2) is 11.0 Å². The Bertz CT molecular complexity index is 1720. The molecule has 0 bridgehead atoms. The van der Waals surface area contributed by atoms with Gasteiger partial charge < -0.3 is 5.32 Å². The fraction of sp³-hybridized carbons (Fsp3) is 0.207. The smallest absolute Gasteiger partial charge is 0.303 e. The zero-order chi connectivity index (χ0) is 30.2. The molecule has 216 valence electrons. The normalized spacial score (nSPS) is 14.7. The third-order valence-corrected chi connectivity index (χ3v) is 7.33. The number of aryl methyl sites for hydroxylation is 1. The molecule has 0 unspecified atom stereocenters. The monoisotopic (exact) mass is 596 g/mol. The predicted octanol–water partition coefficient (Wildman–Crippen LogP) is 7.19. The Kier molecular flexibility index (Phi) is 7.87. The number of aliphatic imine (C=N–C) groups is 1. The molecule has 5 rings (SSSR count). The van der Waals surface area contributed by atoms with Crippen molar-refractivity contribution in [1.29, 1.82) is 0 Å². The highest BCUT2D eigenvalue weighted by Gasteiger charge is 2.33. The van der Waals surface area contributed by atoms with Gasteiger partial charge >= 0.3 is 12.2 Å². The summed E-state index contributed by atoms with van der Waals surface area (Å²) in [4.78, 5) is 35.1. The quantitative estimate of drug-likeness (QED) is 0.246. The molecule has 4 aromatic rings. The van der Waals surface area contributed by atoms with E-state index in [1.54, 1.807) is 0 Å². The number of nitrogens with one attached hydrogen (secondary N) is 1. The van der Waals surface area contributed by atoms with Crippen molar-refractivity contribution in [2.75, 3.05) is 16.0 Å². The Morgan fingerprint density at radius 3 is 2.60 bits per heavy atom. The summed E-state index contributed by atoms with van der Waals surface area (Å²) in [5.74, 6) is -0.718. The maximum absolute atomic E-state index is 15.0. The average Bonchev–Trinajstić information content (AvgIpc) is 3.56. The number of halogens is 4. The van der Waals surface area contributed by atoms with Crippen LogP contribution in [0.1, 0.15) is 36.5 Å². The van der Waals surface area contributed by atoms with Crippen LogP contribution in [0.15, 0.2) is 72.0 Å². The number of carbonyl (C=O) groups excluding carboxylic acids is 2. The van der Waals surface area contributed by atoms with Crippen molar-refractivity contribution in [1.82, 2.24) is 14.8 Å². The zero-order valence-corrected chi connectivity index (χ0v) is 23.4. The summed E-state index contributed by atoms with van der Waals surface area (Å²) in [5, 5.41) is 6.75. The molecule has 1 saturated heterocycles. The van der Waals surface area contributed by atoms with Crippen LogP contribution in [0, 0.1) is 12.7 Å². The molecule has 2 heterocycles. The molecular weight excluding hydrogens is 572 g/mol. The van der Waals surface area contributed by atoms with Gasteiger partial charge in [-0.15, -0.1) is 5.10 Å². The first-order valence-electron chi connectivity index (χ1n) is 12.8. The number of amides is 3. The van der Waals surface area contributed by atoms with E-state index in [1.165, 1.54) is 35.5 Å². The third kappa shape index (κ3) is 6.05. The standard InChI is InChI=1S/C29H24F4N6O2S/c1-16(2)21-9-7-17(3)11-24(21)39-25(40)14-42-28(39)36-27(41)35-23-10-8-18(12-22(23)30)26-34-15-38(37-26)20-6-4-5-19(13-20)29(31,32)33/h4-13,15-16H,14H2,1-3H3,(H,35,41)/b36-28-. The summed E-state index contributed by atoms with van der Waals surface area (Å²) >= 11 is 1.12. The maximum atomic E-state index is 15.0. The van der Waals surface area contributed by atoms with E-state index < -0.39 is 23.6 Å². The van der Waals surface area contributed by atoms with Gasteiger partial charge in [-0.3, -0.25) is 9.69 Å². The lowest BCUT2D eigenvalue weighted by atomic mass is 9.99. The third-order valence-electron chi connectivity index (χ3n) is 6.41. The molecule has 1 N–H and O–H groups in total. The van der Waals surface area contributed by atoms with E-state index in [0.717, 1.165) is 45.8 Å². The van der Waals surface area contributed by atoms with Crippen LogP contribution in [0.25, 0.3) is 17.1 Å². The van der Waals surface area contributed by atoms with Gasteiger partial charge in [0, 0.05) is 5.56 Å². The molecule has 0 spiro atoms. The van der Waals surface area contributed by atoms with E-state index in [2.05, 4.69) is 20.4 Å². The van der Waals surface area contributed by atoms with Crippen molar-refractivity contribution in [2.24, 2.45) is 4.99 Å². The molecule has 1 fully saturated rings. The van der Waals surface area contributed by atoms with E-state index in [0.29, 0.717) is 5.69 Å². The molecule has 1 aromatic heterocycles. The number of carbonyl (C=O) groups is 2. The summed E-state index contributed by atoms with van der Waals surface area (Å²) in [5.41, 5.74) is 1.90. The molecule has 0 radical (unpaired) electrons. The molecule has 0 atom stereocenters. The van der Waals surface area contributed by atoms with E-state index in [9.17, 15) is 27.2 Å². The lowest BCUT2D eigenvalue weighted by molar-refractivity contribution is -0.137. The molecule has 3 aromatic carbocycles. The van der Waals surface area contributed by atoms with Crippen LogP contribution in [-0.4, -0.2) is 37.6 Å². The number of hydrogen-bond donors (Lipinski definition) is 1. The van der Waals surface area contributed by atoms with Gasteiger partial charge in [-0.05, 0) is 66.4 Å². The number of rotatable bonds is 5. The van der Waals surface area contributed by atoms with Crippen molar-refractivity contribution < 1.29 is 27.2 Å². The van der Waals surface area contributed by atoms with Crippen LogP contribution in [-0.2, 0) is 11.0 Å². The number of hydrogen-bond acceptors (Lipinski definition) is 5. The van der Waals surface area contributed by atoms with E-state index in [1.807, 2.05) is 39.0 Å². The number of urea groups is 1. The number of thioether (sulfide) groups is 1. The fourth-order valence-electron chi connectivity index (χ4n) is 4.35. The summed E-state index contributed by atoms with van der Waals surface area (Å²) in [6, 6.07) is 13.3. The minimum absolute atomic E-state index is 0.0695. The van der Waals surface area contributed by atoms with Gasteiger partial charge in [-0.25, -0.2) is 18.9 Å². The molecule has 13 heteroatoms. The van der Waals surface area contributed by atoms with Crippen LogP contribution in [0.3, 0.4) is 0 Å². The van der Waals surface area contributed by atoms with Crippen molar-refractivity contribution >= 4 is 40.2 Å². The van der Waals surface area contributed by atoms with Gasteiger partial charge in [0.05, 0.1) is 28.4 Å². The first-order valence-corrected chi connectivity index (χ1v) is 13.7. The van der Waals surface area contributed by atoms with E-state index in [-0.39, 0.29) is 45.5 Å². The SMILES string of the molecule is Cc1ccc(C(C)C)c(N2C(=O)CS/C2=N\C(=O)Nc2ccc(-c3ncn(-c4cccc(C(F)(F)F)c4)n3)cc2F)c1. The number of benzene rings is 3. The zero-order valence-electron chi connectivity index (χ0n) is 22.6. The Hall–Kier alpha value is -4.52. The van der Waals surface area contributed by atoms with Crippen molar-refractivity contribution in [3.05, 3.63) is 89.5 Å². The first-order chi connectivity index (χ1) is 19.9. The van der Waals surface area contributed by atoms with Gasteiger partial charge in [-0.1, -0.05) is 43.8 Å². The van der Waals surface area contributed by atoms with Crippen molar-refractivity contribution in [3.63, 3.8) is 0 Å². The Labute approximate surface area is 242 Å². The van der Waals surface area contributed by atoms with Gasteiger partial charge in [-0.2, -0.15) is 18.2 Å². The molecular formula is C29H24F4N6O2S. The second-order valence-corrected chi connectivity index (χ2v) is 10.8. The van der Waals surface area contributed by atoms with Crippen LogP contribution >= 0.6 is 11.8 Å². The number of amidine groups is 1.